The van der Waals surface area contributed by atoms with Gasteiger partial charge in [0, 0.05) is 17.2 Å². The van der Waals surface area contributed by atoms with Crippen LogP contribution in [0.1, 0.15) is 18.9 Å². The Morgan fingerprint density at radius 1 is 1.26 bits per heavy atom. The van der Waals surface area contributed by atoms with Crippen molar-refractivity contribution in [1.82, 2.24) is 0 Å². The molecule has 4 nitrogen and oxygen atoms in total. The largest absolute Gasteiger partial charge is 0.463 e. The maximum Gasteiger partial charge on any atom is 0.336 e. The quantitative estimate of drug-likeness (QED) is 0.473. The van der Waals surface area contributed by atoms with Crippen LogP contribution in [0.15, 0.2) is 30.4 Å². The Kier molecular flexibility index (Phi) is 6.09. The van der Waals surface area contributed by atoms with Crippen LogP contribution in [0.25, 0.3) is 0 Å². The van der Waals surface area contributed by atoms with Crippen LogP contribution >= 0.6 is 11.6 Å². The highest BCUT2D eigenvalue weighted by molar-refractivity contribution is 6.31. The molecule has 0 saturated heterocycles. The van der Waals surface area contributed by atoms with E-state index in [1.807, 2.05) is 6.92 Å². The van der Waals surface area contributed by atoms with E-state index in [-0.39, 0.29) is 0 Å². The second-order valence-electron chi connectivity index (χ2n) is 3.83. The van der Waals surface area contributed by atoms with E-state index in [0.29, 0.717) is 17.4 Å². The molecule has 0 radical (unpaired) electrons. The van der Waals surface area contributed by atoms with Crippen molar-refractivity contribution in [3.8, 4) is 5.75 Å². The summed E-state index contributed by atoms with van der Waals surface area (Å²) in [5, 5.41) is 0.596. The molecule has 0 bridgehead atoms. The van der Waals surface area contributed by atoms with Gasteiger partial charge >= 0.3 is 11.9 Å². The molecule has 0 spiro atoms. The molecule has 5 heteroatoms. The maximum atomic E-state index is 11.4. The van der Waals surface area contributed by atoms with Gasteiger partial charge in [0.2, 0.25) is 0 Å². The fourth-order valence-corrected chi connectivity index (χ4v) is 1.34. The van der Waals surface area contributed by atoms with Crippen LogP contribution in [0, 0.1) is 6.92 Å². The number of esters is 2. The van der Waals surface area contributed by atoms with Crippen molar-refractivity contribution in [3.05, 3.63) is 40.9 Å². The van der Waals surface area contributed by atoms with Crippen LogP contribution in [0.3, 0.4) is 0 Å². The number of rotatable bonds is 5. The Hall–Kier alpha value is -1.81. The number of carbonyl (C=O) groups excluding carboxylic acids is 2. The molecule has 0 aliphatic carbocycles. The van der Waals surface area contributed by atoms with E-state index >= 15 is 0 Å². The molecule has 0 unspecified atom stereocenters. The van der Waals surface area contributed by atoms with Gasteiger partial charge in [-0.05, 0) is 37.1 Å². The number of benzene rings is 1. The summed E-state index contributed by atoms with van der Waals surface area (Å²) in [4.78, 5) is 22.6. The second kappa shape index (κ2) is 7.59. The number of hydrogen-bond donors (Lipinski definition) is 0. The SMILES string of the molecule is CCCOC(=O)/C=C/C(=O)Oc1ccc(Cl)c(C)c1. The van der Waals surface area contributed by atoms with Crippen LogP contribution < -0.4 is 4.74 Å². The van der Waals surface area contributed by atoms with Gasteiger partial charge in [0.1, 0.15) is 5.75 Å². The van der Waals surface area contributed by atoms with Gasteiger partial charge in [-0.25, -0.2) is 9.59 Å². The first kappa shape index (κ1) is 15.2. The minimum absolute atomic E-state index is 0.328. The van der Waals surface area contributed by atoms with Crippen LogP contribution in [0.2, 0.25) is 5.02 Å². The minimum Gasteiger partial charge on any atom is -0.463 e. The zero-order valence-electron chi connectivity index (χ0n) is 10.8. The molecule has 102 valence electrons. The Balaban J connectivity index is 2.53. The van der Waals surface area contributed by atoms with Gasteiger partial charge in [0.15, 0.2) is 0 Å². The smallest absolute Gasteiger partial charge is 0.336 e. The summed E-state index contributed by atoms with van der Waals surface area (Å²) in [7, 11) is 0. The van der Waals surface area contributed by atoms with Crippen LogP contribution in [-0.2, 0) is 14.3 Å². The van der Waals surface area contributed by atoms with Crippen molar-refractivity contribution < 1.29 is 19.1 Å². The van der Waals surface area contributed by atoms with Gasteiger partial charge in [-0.1, -0.05) is 18.5 Å². The molecule has 0 aliphatic heterocycles. The Bertz CT molecular complexity index is 494. The predicted octanol–water partition coefficient (Wildman–Crippen LogP) is 3.06. The minimum atomic E-state index is -0.643. The Labute approximate surface area is 117 Å². The van der Waals surface area contributed by atoms with Crippen LogP contribution in [-0.4, -0.2) is 18.5 Å². The second-order valence-corrected chi connectivity index (χ2v) is 4.24. The molecular formula is C14H15ClO4. The summed E-state index contributed by atoms with van der Waals surface area (Å²) in [5.41, 5.74) is 0.804. The Morgan fingerprint density at radius 3 is 2.58 bits per heavy atom. The number of halogens is 1. The lowest BCUT2D eigenvalue weighted by atomic mass is 10.2. The first-order valence-corrected chi connectivity index (χ1v) is 6.23. The average molecular weight is 283 g/mol. The van der Waals surface area contributed by atoms with E-state index in [2.05, 4.69) is 0 Å². The number of aryl methyl sites for hydroxylation is 1. The molecule has 1 aromatic carbocycles. The number of ether oxygens (including phenoxy) is 2. The molecule has 0 saturated carbocycles. The van der Waals surface area contributed by atoms with Crippen molar-refractivity contribution in [2.45, 2.75) is 20.3 Å². The van der Waals surface area contributed by atoms with Crippen LogP contribution in [0.4, 0.5) is 0 Å². The van der Waals surface area contributed by atoms with E-state index in [1.54, 1.807) is 25.1 Å². The molecular weight excluding hydrogens is 268 g/mol. The molecule has 1 rings (SSSR count). The third-order valence-electron chi connectivity index (χ3n) is 2.15. The molecule has 0 fully saturated rings. The van der Waals surface area contributed by atoms with Gasteiger partial charge < -0.3 is 9.47 Å². The summed E-state index contributed by atoms with van der Waals surface area (Å²) in [5.74, 6) is -0.834. The molecule has 0 N–H and O–H groups in total. The van der Waals surface area contributed by atoms with Gasteiger partial charge in [-0.2, -0.15) is 0 Å². The van der Waals surface area contributed by atoms with Crippen molar-refractivity contribution in [1.29, 1.82) is 0 Å². The molecule has 0 atom stereocenters. The monoisotopic (exact) mass is 282 g/mol. The van der Waals surface area contributed by atoms with Gasteiger partial charge in [-0.3, -0.25) is 0 Å². The third-order valence-corrected chi connectivity index (χ3v) is 2.58. The summed E-state index contributed by atoms with van der Waals surface area (Å²) < 4.78 is 9.79. The lowest BCUT2D eigenvalue weighted by Gasteiger charge is -2.03. The summed E-state index contributed by atoms with van der Waals surface area (Å²) in [6.45, 7) is 4.01. The molecule has 0 aliphatic rings. The normalized spacial score (nSPS) is 10.5. The molecule has 0 amide bonds. The third kappa shape index (κ3) is 5.57. The zero-order valence-corrected chi connectivity index (χ0v) is 11.6. The highest BCUT2D eigenvalue weighted by Gasteiger charge is 2.04. The molecule has 0 aromatic heterocycles. The van der Waals surface area contributed by atoms with Crippen molar-refractivity contribution in [2.75, 3.05) is 6.61 Å². The van der Waals surface area contributed by atoms with Gasteiger partial charge in [0.25, 0.3) is 0 Å². The molecule has 0 heterocycles. The van der Waals surface area contributed by atoms with Crippen molar-refractivity contribution in [2.24, 2.45) is 0 Å². The lowest BCUT2D eigenvalue weighted by molar-refractivity contribution is -0.138. The summed E-state index contributed by atoms with van der Waals surface area (Å²) in [6.07, 6.45) is 2.80. The lowest BCUT2D eigenvalue weighted by Crippen LogP contribution is -2.07. The van der Waals surface area contributed by atoms with E-state index in [4.69, 9.17) is 21.1 Å². The summed E-state index contributed by atoms with van der Waals surface area (Å²) >= 11 is 5.85. The van der Waals surface area contributed by atoms with Gasteiger partial charge in [-0.15, -0.1) is 0 Å². The Morgan fingerprint density at radius 2 is 1.95 bits per heavy atom. The van der Waals surface area contributed by atoms with Crippen LogP contribution in [0.5, 0.6) is 5.75 Å². The highest BCUT2D eigenvalue weighted by atomic mass is 35.5. The van der Waals surface area contributed by atoms with Crippen molar-refractivity contribution in [3.63, 3.8) is 0 Å². The highest BCUT2D eigenvalue weighted by Crippen LogP contribution is 2.21. The number of hydrogen-bond acceptors (Lipinski definition) is 4. The molecule has 1 aromatic rings. The zero-order chi connectivity index (χ0) is 14.3. The summed E-state index contributed by atoms with van der Waals surface area (Å²) in [6, 6.07) is 4.86. The van der Waals surface area contributed by atoms with E-state index in [9.17, 15) is 9.59 Å². The first-order valence-electron chi connectivity index (χ1n) is 5.85. The average Bonchev–Trinajstić information content (AvgIpc) is 2.38. The van der Waals surface area contributed by atoms with Crippen molar-refractivity contribution >= 4 is 23.5 Å². The number of carbonyl (C=O) groups is 2. The fourth-order valence-electron chi connectivity index (χ4n) is 1.22. The van der Waals surface area contributed by atoms with E-state index in [1.165, 1.54) is 0 Å². The fraction of sp³-hybridized carbons (Fsp3) is 0.286. The maximum absolute atomic E-state index is 11.4. The standard InChI is InChI=1S/C14H15ClO4/c1-3-8-18-13(16)6-7-14(17)19-11-4-5-12(15)10(2)9-11/h4-7,9H,3,8H2,1-2H3/b7-6+. The topological polar surface area (TPSA) is 52.6 Å². The predicted molar refractivity (Wildman–Crippen MR) is 72.2 cm³/mol. The van der Waals surface area contributed by atoms with Gasteiger partial charge in [0.05, 0.1) is 6.61 Å². The van der Waals surface area contributed by atoms with E-state index < -0.39 is 11.9 Å². The molecule has 19 heavy (non-hydrogen) atoms. The first-order chi connectivity index (χ1) is 9.02. The van der Waals surface area contributed by atoms with E-state index in [0.717, 1.165) is 24.1 Å².